The zero-order valence-electron chi connectivity index (χ0n) is 8.07. The maximum absolute atomic E-state index is 6.10. The fourth-order valence-electron chi connectivity index (χ4n) is 1.67. The zero-order valence-corrected chi connectivity index (χ0v) is 9.58. The van der Waals surface area contributed by atoms with Crippen LogP contribution in [0, 0.1) is 13.8 Å². The highest BCUT2D eigenvalue weighted by Gasteiger charge is 2.05. The first-order valence-corrected chi connectivity index (χ1v) is 5.20. The van der Waals surface area contributed by atoms with Crippen LogP contribution in [0.25, 0.3) is 10.8 Å². The van der Waals surface area contributed by atoms with Gasteiger partial charge in [0.1, 0.15) is 0 Å². The first-order valence-electron chi connectivity index (χ1n) is 4.44. The normalized spacial score (nSPS) is 10.9. The van der Waals surface area contributed by atoms with Gasteiger partial charge in [-0.05, 0) is 53.9 Å². The number of hydrogen-bond acceptors (Lipinski definition) is 0. The SMILES string of the molecule is Cc1cc(Cl)c(C)c2ccc(Cl)cc12. The Morgan fingerprint density at radius 1 is 0.929 bits per heavy atom. The fourth-order valence-corrected chi connectivity index (χ4v) is 2.11. The fraction of sp³-hybridized carbons (Fsp3) is 0.167. The van der Waals surface area contributed by atoms with E-state index in [0.717, 1.165) is 21.2 Å². The molecule has 0 nitrogen and oxygen atoms in total. The van der Waals surface area contributed by atoms with Gasteiger partial charge in [0.2, 0.25) is 0 Å². The van der Waals surface area contributed by atoms with Gasteiger partial charge in [-0.15, -0.1) is 0 Å². The first-order chi connectivity index (χ1) is 6.59. The molecule has 2 heteroatoms. The molecule has 0 spiro atoms. The van der Waals surface area contributed by atoms with Gasteiger partial charge < -0.3 is 0 Å². The molecule has 72 valence electrons. The van der Waals surface area contributed by atoms with E-state index in [1.165, 1.54) is 10.8 Å². The lowest BCUT2D eigenvalue weighted by Crippen LogP contribution is -1.84. The average molecular weight is 225 g/mol. The van der Waals surface area contributed by atoms with Crippen molar-refractivity contribution in [3.8, 4) is 0 Å². The molecule has 2 aromatic carbocycles. The third kappa shape index (κ3) is 1.49. The summed E-state index contributed by atoms with van der Waals surface area (Å²) in [4.78, 5) is 0. The number of aryl methyl sites for hydroxylation is 2. The highest BCUT2D eigenvalue weighted by molar-refractivity contribution is 6.33. The quantitative estimate of drug-likeness (QED) is 0.606. The molecule has 0 amide bonds. The van der Waals surface area contributed by atoms with Gasteiger partial charge in [0.25, 0.3) is 0 Å². The minimum absolute atomic E-state index is 0.766. The third-order valence-electron chi connectivity index (χ3n) is 2.51. The Balaban J connectivity index is 2.94. The van der Waals surface area contributed by atoms with Gasteiger partial charge in [0, 0.05) is 10.0 Å². The molecule has 2 rings (SSSR count). The summed E-state index contributed by atoms with van der Waals surface area (Å²) >= 11 is 12.0. The van der Waals surface area contributed by atoms with Crippen LogP contribution in [0.2, 0.25) is 10.0 Å². The van der Waals surface area contributed by atoms with Crippen molar-refractivity contribution in [3.05, 3.63) is 45.4 Å². The van der Waals surface area contributed by atoms with E-state index >= 15 is 0 Å². The van der Waals surface area contributed by atoms with E-state index in [1.807, 2.05) is 38.1 Å². The molecule has 14 heavy (non-hydrogen) atoms. The lowest BCUT2D eigenvalue weighted by molar-refractivity contribution is 1.46. The Morgan fingerprint density at radius 2 is 1.64 bits per heavy atom. The maximum Gasteiger partial charge on any atom is 0.0444 e. The van der Waals surface area contributed by atoms with Gasteiger partial charge in [-0.2, -0.15) is 0 Å². The molecule has 0 N–H and O–H groups in total. The van der Waals surface area contributed by atoms with E-state index in [1.54, 1.807) is 0 Å². The van der Waals surface area contributed by atoms with E-state index in [2.05, 4.69) is 0 Å². The summed E-state index contributed by atoms with van der Waals surface area (Å²) in [6.45, 7) is 4.07. The van der Waals surface area contributed by atoms with E-state index in [9.17, 15) is 0 Å². The molecule has 0 bridgehead atoms. The van der Waals surface area contributed by atoms with Crippen molar-refractivity contribution in [1.29, 1.82) is 0 Å². The second kappa shape index (κ2) is 3.45. The molecule has 0 aliphatic rings. The van der Waals surface area contributed by atoms with Crippen molar-refractivity contribution in [2.24, 2.45) is 0 Å². The Bertz CT molecular complexity index is 501. The molecule has 0 saturated carbocycles. The Hall–Kier alpha value is -0.720. The van der Waals surface area contributed by atoms with E-state index in [-0.39, 0.29) is 0 Å². The zero-order chi connectivity index (χ0) is 10.3. The molecule has 0 aliphatic carbocycles. The van der Waals surface area contributed by atoms with Crippen molar-refractivity contribution in [2.75, 3.05) is 0 Å². The van der Waals surface area contributed by atoms with Crippen LogP contribution in [0.1, 0.15) is 11.1 Å². The monoisotopic (exact) mass is 224 g/mol. The molecule has 0 aliphatic heterocycles. The largest absolute Gasteiger partial charge is 0.0843 e. The van der Waals surface area contributed by atoms with Crippen LogP contribution in [0.4, 0.5) is 0 Å². The summed E-state index contributed by atoms with van der Waals surface area (Å²) in [5.41, 5.74) is 2.28. The summed E-state index contributed by atoms with van der Waals surface area (Å²) in [6.07, 6.45) is 0. The second-order valence-corrected chi connectivity index (χ2v) is 4.33. The molecular formula is C12H10Cl2. The average Bonchev–Trinajstić information content (AvgIpc) is 2.14. The molecule has 0 atom stereocenters. The number of halogens is 2. The lowest BCUT2D eigenvalue weighted by Gasteiger charge is -2.08. The van der Waals surface area contributed by atoms with Gasteiger partial charge in [-0.3, -0.25) is 0 Å². The minimum Gasteiger partial charge on any atom is -0.0843 e. The smallest absolute Gasteiger partial charge is 0.0444 e. The van der Waals surface area contributed by atoms with Gasteiger partial charge >= 0.3 is 0 Å². The van der Waals surface area contributed by atoms with Crippen LogP contribution in [0.3, 0.4) is 0 Å². The van der Waals surface area contributed by atoms with Crippen molar-refractivity contribution in [1.82, 2.24) is 0 Å². The Labute approximate surface area is 93.4 Å². The summed E-state index contributed by atoms with van der Waals surface area (Å²) < 4.78 is 0. The highest BCUT2D eigenvalue weighted by atomic mass is 35.5. The van der Waals surface area contributed by atoms with Gasteiger partial charge in [0.05, 0.1) is 0 Å². The van der Waals surface area contributed by atoms with E-state index in [4.69, 9.17) is 23.2 Å². The Kier molecular flexibility index (Phi) is 2.42. The van der Waals surface area contributed by atoms with Crippen LogP contribution in [-0.4, -0.2) is 0 Å². The van der Waals surface area contributed by atoms with Gasteiger partial charge in [-0.1, -0.05) is 29.3 Å². The molecule has 0 heterocycles. The maximum atomic E-state index is 6.10. The van der Waals surface area contributed by atoms with Crippen molar-refractivity contribution < 1.29 is 0 Å². The van der Waals surface area contributed by atoms with Crippen molar-refractivity contribution in [2.45, 2.75) is 13.8 Å². The summed E-state index contributed by atoms with van der Waals surface area (Å²) in [7, 11) is 0. The van der Waals surface area contributed by atoms with Crippen LogP contribution in [0.15, 0.2) is 24.3 Å². The minimum atomic E-state index is 0.766. The van der Waals surface area contributed by atoms with Crippen molar-refractivity contribution in [3.63, 3.8) is 0 Å². The predicted molar refractivity (Wildman–Crippen MR) is 63.4 cm³/mol. The van der Waals surface area contributed by atoms with Crippen LogP contribution >= 0.6 is 23.2 Å². The molecule has 2 aromatic rings. The highest BCUT2D eigenvalue weighted by Crippen LogP contribution is 2.30. The summed E-state index contributed by atoms with van der Waals surface area (Å²) in [5, 5.41) is 3.94. The first kappa shape index (κ1) is 9.82. The molecule has 0 radical (unpaired) electrons. The number of fused-ring (bicyclic) bond motifs is 1. The van der Waals surface area contributed by atoms with E-state index < -0.39 is 0 Å². The van der Waals surface area contributed by atoms with Gasteiger partial charge in [-0.25, -0.2) is 0 Å². The third-order valence-corrected chi connectivity index (χ3v) is 3.14. The van der Waals surface area contributed by atoms with Crippen LogP contribution in [-0.2, 0) is 0 Å². The lowest BCUT2D eigenvalue weighted by atomic mass is 10.0. The van der Waals surface area contributed by atoms with Crippen LogP contribution < -0.4 is 0 Å². The number of rotatable bonds is 0. The van der Waals surface area contributed by atoms with Crippen molar-refractivity contribution >= 4 is 34.0 Å². The molecule has 0 aromatic heterocycles. The summed E-state index contributed by atoms with van der Waals surface area (Å²) in [6, 6.07) is 7.88. The summed E-state index contributed by atoms with van der Waals surface area (Å²) in [5.74, 6) is 0. The predicted octanol–water partition coefficient (Wildman–Crippen LogP) is 4.76. The second-order valence-electron chi connectivity index (χ2n) is 3.49. The number of hydrogen-bond donors (Lipinski definition) is 0. The topological polar surface area (TPSA) is 0 Å². The molecule has 0 saturated heterocycles. The molecule has 0 unspecified atom stereocenters. The standard InChI is InChI=1S/C12H10Cl2/c1-7-5-12(14)8(2)10-4-3-9(13)6-11(7)10/h3-6H,1-2H3. The van der Waals surface area contributed by atoms with Crippen LogP contribution in [0.5, 0.6) is 0 Å². The van der Waals surface area contributed by atoms with Gasteiger partial charge in [0.15, 0.2) is 0 Å². The van der Waals surface area contributed by atoms with E-state index in [0.29, 0.717) is 0 Å². The number of benzene rings is 2. The molecular weight excluding hydrogens is 215 g/mol. The molecule has 0 fully saturated rings. The Morgan fingerprint density at radius 3 is 2.36 bits per heavy atom.